The molecule has 2 aromatic rings. The van der Waals surface area contributed by atoms with Gasteiger partial charge in [0.15, 0.2) is 0 Å². The van der Waals surface area contributed by atoms with Gasteiger partial charge >= 0.3 is 0 Å². The average Bonchev–Trinajstić information content (AvgIpc) is 2.83. The lowest BCUT2D eigenvalue weighted by Gasteiger charge is -2.19. The summed E-state index contributed by atoms with van der Waals surface area (Å²) >= 11 is 0. The van der Waals surface area contributed by atoms with Crippen LogP contribution in [0.1, 0.15) is 18.5 Å². The molecule has 3 nitrogen and oxygen atoms in total. The summed E-state index contributed by atoms with van der Waals surface area (Å²) in [6.07, 6.45) is 2.53. The predicted molar refractivity (Wildman–Crippen MR) is 72.3 cm³/mol. The van der Waals surface area contributed by atoms with Crippen molar-refractivity contribution in [3.8, 4) is 0 Å². The number of benzene rings is 1. The Hall–Kier alpha value is -1.77. The Morgan fingerprint density at radius 2 is 1.94 bits per heavy atom. The lowest BCUT2D eigenvalue weighted by Crippen LogP contribution is -2.19. The Morgan fingerprint density at radius 3 is 2.71 bits per heavy atom. The van der Waals surface area contributed by atoms with Crippen LogP contribution in [-0.2, 0) is 0 Å². The standard InChI is InChI=1S/C14H17N3/c1-10-9-12-11(5-4-6-13(12)15)14(16-10)17-7-2-3-8-17/h4-6,9H,2-3,7-8,15H2,1H3. The van der Waals surface area contributed by atoms with Crippen molar-refractivity contribution in [1.29, 1.82) is 0 Å². The molecule has 0 spiro atoms. The van der Waals surface area contributed by atoms with E-state index in [1.807, 2.05) is 19.1 Å². The summed E-state index contributed by atoms with van der Waals surface area (Å²) in [6, 6.07) is 8.15. The Kier molecular flexibility index (Phi) is 2.39. The van der Waals surface area contributed by atoms with Crippen molar-refractivity contribution in [1.82, 2.24) is 4.98 Å². The minimum Gasteiger partial charge on any atom is -0.398 e. The molecule has 1 aliphatic rings. The first-order valence-corrected chi connectivity index (χ1v) is 6.16. The summed E-state index contributed by atoms with van der Waals surface area (Å²) in [4.78, 5) is 7.06. The number of rotatable bonds is 1. The van der Waals surface area contributed by atoms with Crippen LogP contribution in [0.3, 0.4) is 0 Å². The van der Waals surface area contributed by atoms with Gasteiger partial charge in [0.25, 0.3) is 0 Å². The van der Waals surface area contributed by atoms with Gasteiger partial charge in [-0.05, 0) is 31.9 Å². The molecule has 0 unspecified atom stereocenters. The highest BCUT2D eigenvalue weighted by atomic mass is 15.2. The van der Waals surface area contributed by atoms with Gasteiger partial charge in [-0.2, -0.15) is 0 Å². The monoisotopic (exact) mass is 227 g/mol. The molecule has 0 aliphatic carbocycles. The van der Waals surface area contributed by atoms with Gasteiger partial charge in [-0.15, -0.1) is 0 Å². The molecule has 0 bridgehead atoms. The zero-order chi connectivity index (χ0) is 11.8. The minimum atomic E-state index is 0.841. The Balaban J connectivity index is 2.25. The number of hydrogen-bond acceptors (Lipinski definition) is 3. The molecule has 1 saturated heterocycles. The molecule has 1 aliphatic heterocycles. The molecule has 3 rings (SSSR count). The molecule has 2 N–H and O–H groups in total. The van der Waals surface area contributed by atoms with Gasteiger partial charge in [0, 0.05) is 35.2 Å². The van der Waals surface area contributed by atoms with Gasteiger partial charge in [0.2, 0.25) is 0 Å². The van der Waals surface area contributed by atoms with E-state index in [-0.39, 0.29) is 0 Å². The van der Waals surface area contributed by atoms with Crippen molar-refractivity contribution in [2.75, 3.05) is 23.7 Å². The number of nitrogen functional groups attached to an aromatic ring is 1. The molecule has 0 saturated carbocycles. The number of aryl methyl sites for hydroxylation is 1. The molecule has 2 heterocycles. The Labute approximate surface area is 101 Å². The topological polar surface area (TPSA) is 42.1 Å². The maximum atomic E-state index is 6.05. The van der Waals surface area contributed by atoms with E-state index in [1.165, 1.54) is 18.2 Å². The summed E-state index contributed by atoms with van der Waals surface area (Å²) in [6.45, 7) is 4.26. The lowest BCUT2D eigenvalue weighted by atomic mass is 10.1. The summed E-state index contributed by atoms with van der Waals surface area (Å²) in [5.74, 6) is 1.10. The van der Waals surface area contributed by atoms with Crippen LogP contribution in [0, 0.1) is 6.92 Å². The third kappa shape index (κ3) is 1.71. The summed E-state index contributed by atoms with van der Waals surface area (Å²) in [7, 11) is 0. The quantitative estimate of drug-likeness (QED) is 0.762. The van der Waals surface area contributed by atoms with Crippen molar-refractivity contribution in [3.05, 3.63) is 30.0 Å². The highest BCUT2D eigenvalue weighted by Crippen LogP contribution is 2.31. The summed E-state index contributed by atoms with van der Waals surface area (Å²) in [5.41, 5.74) is 7.93. The van der Waals surface area contributed by atoms with E-state index in [9.17, 15) is 0 Å². The Morgan fingerprint density at radius 1 is 1.18 bits per heavy atom. The highest BCUT2D eigenvalue weighted by molar-refractivity contribution is 5.99. The van der Waals surface area contributed by atoms with Crippen molar-refractivity contribution < 1.29 is 0 Å². The number of nitrogens with two attached hydrogens (primary N) is 1. The normalized spacial score (nSPS) is 15.7. The largest absolute Gasteiger partial charge is 0.398 e. The zero-order valence-electron chi connectivity index (χ0n) is 10.1. The Bertz CT molecular complexity index is 557. The first-order chi connectivity index (χ1) is 8.25. The highest BCUT2D eigenvalue weighted by Gasteiger charge is 2.17. The average molecular weight is 227 g/mol. The molecule has 17 heavy (non-hydrogen) atoms. The number of hydrogen-bond donors (Lipinski definition) is 1. The van der Waals surface area contributed by atoms with Crippen LogP contribution < -0.4 is 10.6 Å². The van der Waals surface area contributed by atoms with Crippen LogP contribution in [0.2, 0.25) is 0 Å². The van der Waals surface area contributed by atoms with Crippen molar-refractivity contribution in [2.24, 2.45) is 0 Å². The minimum absolute atomic E-state index is 0.841. The summed E-state index contributed by atoms with van der Waals surface area (Å²) in [5, 5.41) is 2.31. The van der Waals surface area contributed by atoms with E-state index in [2.05, 4.69) is 17.0 Å². The van der Waals surface area contributed by atoms with Crippen LogP contribution >= 0.6 is 0 Å². The number of nitrogens with zero attached hydrogens (tertiary/aromatic N) is 2. The second-order valence-corrected chi connectivity index (χ2v) is 4.72. The molecule has 0 atom stereocenters. The maximum Gasteiger partial charge on any atom is 0.136 e. The molecular formula is C14H17N3. The van der Waals surface area contributed by atoms with Crippen molar-refractivity contribution >= 4 is 22.3 Å². The third-order valence-corrected chi connectivity index (χ3v) is 3.42. The van der Waals surface area contributed by atoms with E-state index in [4.69, 9.17) is 10.7 Å². The van der Waals surface area contributed by atoms with Crippen LogP contribution in [0.25, 0.3) is 10.8 Å². The van der Waals surface area contributed by atoms with Crippen molar-refractivity contribution in [3.63, 3.8) is 0 Å². The third-order valence-electron chi connectivity index (χ3n) is 3.42. The molecule has 88 valence electrons. The first-order valence-electron chi connectivity index (χ1n) is 6.16. The number of fused-ring (bicyclic) bond motifs is 1. The van der Waals surface area contributed by atoms with E-state index in [0.717, 1.165) is 35.7 Å². The second kappa shape index (κ2) is 3.91. The molecule has 3 heteroatoms. The second-order valence-electron chi connectivity index (χ2n) is 4.72. The fraction of sp³-hybridized carbons (Fsp3) is 0.357. The van der Waals surface area contributed by atoms with E-state index >= 15 is 0 Å². The number of aromatic nitrogens is 1. The smallest absolute Gasteiger partial charge is 0.136 e. The van der Waals surface area contributed by atoms with Gasteiger partial charge in [-0.1, -0.05) is 12.1 Å². The SMILES string of the molecule is Cc1cc2c(N)cccc2c(N2CCCC2)n1. The molecule has 0 amide bonds. The number of pyridine rings is 1. The van der Waals surface area contributed by atoms with Crippen molar-refractivity contribution in [2.45, 2.75) is 19.8 Å². The predicted octanol–water partition coefficient (Wildman–Crippen LogP) is 2.73. The lowest BCUT2D eigenvalue weighted by molar-refractivity contribution is 0.938. The van der Waals surface area contributed by atoms with Gasteiger partial charge in [-0.3, -0.25) is 0 Å². The van der Waals surface area contributed by atoms with Gasteiger partial charge < -0.3 is 10.6 Å². The van der Waals surface area contributed by atoms with Gasteiger partial charge in [0.1, 0.15) is 5.82 Å². The first kappa shape index (κ1) is 10.4. The van der Waals surface area contributed by atoms with Crippen LogP contribution in [-0.4, -0.2) is 18.1 Å². The van der Waals surface area contributed by atoms with Crippen LogP contribution in [0.5, 0.6) is 0 Å². The van der Waals surface area contributed by atoms with Gasteiger partial charge in [-0.25, -0.2) is 4.98 Å². The molecule has 1 fully saturated rings. The fourth-order valence-electron chi connectivity index (χ4n) is 2.58. The molecular weight excluding hydrogens is 210 g/mol. The van der Waals surface area contributed by atoms with Crippen LogP contribution in [0.4, 0.5) is 11.5 Å². The molecule has 0 radical (unpaired) electrons. The number of anilines is 2. The molecule has 1 aromatic carbocycles. The van der Waals surface area contributed by atoms with Crippen LogP contribution in [0.15, 0.2) is 24.3 Å². The van der Waals surface area contributed by atoms with E-state index in [1.54, 1.807) is 0 Å². The maximum absolute atomic E-state index is 6.05. The zero-order valence-corrected chi connectivity index (χ0v) is 10.1. The van der Waals surface area contributed by atoms with E-state index < -0.39 is 0 Å². The van der Waals surface area contributed by atoms with E-state index in [0.29, 0.717) is 0 Å². The summed E-state index contributed by atoms with van der Waals surface area (Å²) < 4.78 is 0. The van der Waals surface area contributed by atoms with Gasteiger partial charge in [0.05, 0.1) is 0 Å². The molecule has 1 aromatic heterocycles. The fourth-order valence-corrected chi connectivity index (χ4v) is 2.58.